The van der Waals surface area contributed by atoms with Crippen molar-refractivity contribution in [2.75, 3.05) is 6.54 Å². The predicted octanol–water partition coefficient (Wildman–Crippen LogP) is 2.88. The van der Waals surface area contributed by atoms with Gasteiger partial charge in [-0.25, -0.2) is 0 Å². The van der Waals surface area contributed by atoms with Crippen molar-refractivity contribution in [1.29, 1.82) is 0 Å². The lowest BCUT2D eigenvalue weighted by atomic mass is 10.0. The number of rotatable bonds is 4. The highest BCUT2D eigenvalue weighted by Gasteiger charge is 2.21. The van der Waals surface area contributed by atoms with Crippen LogP contribution in [0.15, 0.2) is 40.8 Å². The van der Waals surface area contributed by atoms with Crippen LogP contribution in [-0.2, 0) is 11.3 Å². The van der Waals surface area contributed by atoms with Gasteiger partial charge in [-0.3, -0.25) is 9.59 Å². The number of likely N-dealkylation sites (tertiary alicyclic amines) is 1. The molecule has 0 radical (unpaired) electrons. The molecule has 3 rings (SSSR count). The summed E-state index contributed by atoms with van der Waals surface area (Å²) in [6.07, 6.45) is 2.26. The Balaban J connectivity index is 1.91. The normalized spacial score (nSPS) is 14.8. The van der Waals surface area contributed by atoms with Crippen molar-refractivity contribution in [3.05, 3.63) is 47.7 Å². The Morgan fingerprint density at radius 1 is 1.20 bits per heavy atom. The van der Waals surface area contributed by atoms with Crippen LogP contribution in [-0.4, -0.2) is 23.6 Å². The largest absolute Gasteiger partial charge is 0.453 e. The topological polar surface area (TPSA) is 50.5 Å². The predicted molar refractivity (Wildman–Crippen MR) is 74.2 cm³/mol. The van der Waals surface area contributed by atoms with E-state index in [4.69, 9.17) is 4.42 Å². The fourth-order valence-corrected chi connectivity index (χ4v) is 2.54. The van der Waals surface area contributed by atoms with Gasteiger partial charge in [0.15, 0.2) is 12.0 Å². The summed E-state index contributed by atoms with van der Waals surface area (Å²) in [5, 5.41) is 0. The monoisotopic (exact) mass is 269 g/mol. The molecule has 1 fully saturated rings. The van der Waals surface area contributed by atoms with Crippen molar-refractivity contribution >= 4 is 12.2 Å². The number of amides is 1. The molecule has 102 valence electrons. The first kappa shape index (κ1) is 12.7. The summed E-state index contributed by atoms with van der Waals surface area (Å²) in [5.41, 5.74) is 1.97. The molecule has 0 aliphatic carbocycles. The molecule has 4 heteroatoms. The van der Waals surface area contributed by atoms with Crippen molar-refractivity contribution in [3.63, 3.8) is 0 Å². The second-order valence-corrected chi connectivity index (χ2v) is 4.90. The summed E-state index contributed by atoms with van der Waals surface area (Å²) >= 11 is 0. The zero-order valence-corrected chi connectivity index (χ0v) is 11.0. The Kier molecular flexibility index (Phi) is 3.37. The number of hydrogen-bond donors (Lipinski definition) is 0. The SMILES string of the molecule is O=Cc1ccc(-c2ccccc2CN2CCCC2=O)o1. The van der Waals surface area contributed by atoms with Gasteiger partial charge in [-0.15, -0.1) is 0 Å². The van der Waals surface area contributed by atoms with Gasteiger partial charge in [0.1, 0.15) is 5.76 Å². The molecular formula is C16H15NO3. The molecule has 0 bridgehead atoms. The van der Waals surface area contributed by atoms with Gasteiger partial charge in [0.05, 0.1) is 0 Å². The number of carbonyl (C=O) groups excluding carboxylic acids is 2. The van der Waals surface area contributed by atoms with Crippen LogP contribution >= 0.6 is 0 Å². The Hall–Kier alpha value is -2.36. The Bertz CT molecular complexity index is 645. The van der Waals surface area contributed by atoms with E-state index in [-0.39, 0.29) is 5.91 Å². The molecule has 4 nitrogen and oxygen atoms in total. The van der Waals surface area contributed by atoms with Gasteiger partial charge in [0.25, 0.3) is 0 Å². The van der Waals surface area contributed by atoms with Gasteiger partial charge < -0.3 is 9.32 Å². The molecule has 0 N–H and O–H groups in total. The zero-order valence-electron chi connectivity index (χ0n) is 11.0. The van der Waals surface area contributed by atoms with Crippen LogP contribution in [0, 0.1) is 0 Å². The van der Waals surface area contributed by atoms with E-state index in [9.17, 15) is 9.59 Å². The summed E-state index contributed by atoms with van der Waals surface area (Å²) in [4.78, 5) is 24.3. The number of aldehydes is 1. The second-order valence-electron chi connectivity index (χ2n) is 4.90. The van der Waals surface area contributed by atoms with Crippen molar-refractivity contribution in [3.8, 4) is 11.3 Å². The van der Waals surface area contributed by atoms with Crippen LogP contribution < -0.4 is 0 Å². The summed E-state index contributed by atoms with van der Waals surface area (Å²) in [6.45, 7) is 1.40. The third kappa shape index (κ3) is 2.37. The molecule has 1 aliphatic heterocycles. The Labute approximate surface area is 117 Å². The highest BCUT2D eigenvalue weighted by atomic mass is 16.3. The van der Waals surface area contributed by atoms with E-state index < -0.39 is 0 Å². The molecule has 2 heterocycles. The van der Waals surface area contributed by atoms with Crippen molar-refractivity contribution < 1.29 is 14.0 Å². The minimum Gasteiger partial charge on any atom is -0.453 e. The fourth-order valence-electron chi connectivity index (χ4n) is 2.54. The standard InChI is InChI=1S/C16H15NO3/c18-11-13-7-8-15(20-13)14-5-2-1-4-12(14)10-17-9-3-6-16(17)19/h1-2,4-5,7-8,11H,3,6,9-10H2. The van der Waals surface area contributed by atoms with Gasteiger partial charge >= 0.3 is 0 Å². The molecule has 0 unspecified atom stereocenters. The molecule has 1 aromatic carbocycles. The van der Waals surface area contributed by atoms with Gasteiger partial charge in [0, 0.05) is 25.1 Å². The summed E-state index contributed by atoms with van der Waals surface area (Å²) < 4.78 is 5.48. The van der Waals surface area contributed by atoms with Gasteiger partial charge in [0.2, 0.25) is 5.91 Å². The Morgan fingerprint density at radius 2 is 2.05 bits per heavy atom. The molecule has 1 saturated heterocycles. The van der Waals surface area contributed by atoms with E-state index in [1.165, 1.54) is 0 Å². The number of benzene rings is 1. The molecule has 1 aliphatic rings. The molecule has 0 atom stereocenters. The first-order valence-corrected chi connectivity index (χ1v) is 6.69. The van der Waals surface area contributed by atoms with Crippen LogP contribution in [0.1, 0.15) is 29.0 Å². The maximum atomic E-state index is 11.7. The quantitative estimate of drug-likeness (QED) is 0.802. The van der Waals surface area contributed by atoms with Crippen molar-refractivity contribution in [2.45, 2.75) is 19.4 Å². The third-order valence-corrected chi connectivity index (χ3v) is 3.56. The maximum Gasteiger partial charge on any atom is 0.222 e. The highest BCUT2D eigenvalue weighted by molar-refractivity contribution is 5.78. The number of furan rings is 1. The van der Waals surface area contributed by atoms with Crippen LogP contribution in [0.2, 0.25) is 0 Å². The van der Waals surface area contributed by atoms with Crippen molar-refractivity contribution in [1.82, 2.24) is 4.90 Å². The fraction of sp³-hybridized carbons (Fsp3) is 0.250. The summed E-state index contributed by atoms with van der Waals surface area (Å²) in [6, 6.07) is 11.2. The first-order chi connectivity index (χ1) is 9.78. The summed E-state index contributed by atoms with van der Waals surface area (Å²) in [5.74, 6) is 1.18. The average Bonchev–Trinajstić information content (AvgIpc) is 3.09. The minimum absolute atomic E-state index is 0.202. The highest BCUT2D eigenvalue weighted by Crippen LogP contribution is 2.27. The zero-order chi connectivity index (χ0) is 13.9. The maximum absolute atomic E-state index is 11.7. The van der Waals surface area contributed by atoms with Crippen LogP contribution in [0.4, 0.5) is 0 Å². The average molecular weight is 269 g/mol. The third-order valence-electron chi connectivity index (χ3n) is 3.56. The van der Waals surface area contributed by atoms with Gasteiger partial charge in [-0.2, -0.15) is 0 Å². The molecule has 0 spiro atoms. The Morgan fingerprint density at radius 3 is 2.75 bits per heavy atom. The number of nitrogens with zero attached hydrogens (tertiary/aromatic N) is 1. The summed E-state index contributed by atoms with van der Waals surface area (Å²) in [7, 11) is 0. The minimum atomic E-state index is 0.202. The molecular weight excluding hydrogens is 254 g/mol. The lowest BCUT2D eigenvalue weighted by molar-refractivity contribution is -0.128. The van der Waals surface area contributed by atoms with E-state index in [1.807, 2.05) is 29.2 Å². The van der Waals surface area contributed by atoms with Gasteiger partial charge in [-0.05, 0) is 24.1 Å². The molecule has 1 amide bonds. The molecule has 0 saturated carbocycles. The molecule has 20 heavy (non-hydrogen) atoms. The van der Waals surface area contributed by atoms with Crippen LogP contribution in [0.3, 0.4) is 0 Å². The van der Waals surface area contributed by atoms with E-state index in [0.29, 0.717) is 30.8 Å². The van der Waals surface area contributed by atoms with E-state index in [2.05, 4.69) is 0 Å². The van der Waals surface area contributed by atoms with Gasteiger partial charge in [-0.1, -0.05) is 24.3 Å². The van der Waals surface area contributed by atoms with E-state index in [0.717, 1.165) is 24.1 Å². The lowest BCUT2D eigenvalue weighted by Crippen LogP contribution is -2.24. The lowest BCUT2D eigenvalue weighted by Gasteiger charge is -2.17. The number of carbonyl (C=O) groups is 2. The first-order valence-electron chi connectivity index (χ1n) is 6.69. The van der Waals surface area contributed by atoms with E-state index in [1.54, 1.807) is 12.1 Å². The van der Waals surface area contributed by atoms with Crippen LogP contribution in [0.5, 0.6) is 0 Å². The van der Waals surface area contributed by atoms with Crippen molar-refractivity contribution in [2.24, 2.45) is 0 Å². The van der Waals surface area contributed by atoms with Crippen LogP contribution in [0.25, 0.3) is 11.3 Å². The van der Waals surface area contributed by atoms with E-state index >= 15 is 0 Å². The smallest absolute Gasteiger partial charge is 0.222 e. The molecule has 2 aromatic rings. The second kappa shape index (κ2) is 5.33. The number of hydrogen-bond acceptors (Lipinski definition) is 3. The molecule has 1 aromatic heterocycles.